The molecular formula is C21H23NO6. The third-order valence-corrected chi connectivity index (χ3v) is 4.17. The lowest BCUT2D eigenvalue weighted by molar-refractivity contribution is -0.384. The van der Waals surface area contributed by atoms with Gasteiger partial charge in [-0.05, 0) is 47.0 Å². The standard InChI is InChI=1S/C21H23NO6/c1-28-14-15(3-2-4-20(24)16-7-11-19(23)12-8-16)13-21(25)17-5-9-18(10-6-17)22(26)27/h2,5-12,20-21,23-25H,4,13-14H2,1H3/t3?,20-,21-/m1/s1. The van der Waals surface area contributed by atoms with Crippen LogP contribution < -0.4 is 0 Å². The van der Waals surface area contributed by atoms with Crippen LogP contribution in [0.25, 0.3) is 0 Å². The van der Waals surface area contributed by atoms with Crippen LogP contribution in [-0.4, -0.2) is 34.0 Å². The van der Waals surface area contributed by atoms with E-state index in [1.54, 1.807) is 18.2 Å². The number of nitrogens with zero attached hydrogens (tertiary/aromatic N) is 1. The molecule has 0 aliphatic carbocycles. The smallest absolute Gasteiger partial charge is 0.269 e. The molecule has 148 valence electrons. The number of hydrogen-bond acceptors (Lipinski definition) is 6. The van der Waals surface area contributed by atoms with Crippen molar-refractivity contribution in [3.05, 3.63) is 87.2 Å². The van der Waals surface area contributed by atoms with E-state index in [4.69, 9.17) is 4.74 Å². The zero-order chi connectivity index (χ0) is 20.5. The maximum absolute atomic E-state index is 10.7. The Balaban J connectivity index is 2.04. The predicted octanol–water partition coefficient (Wildman–Crippen LogP) is 3.58. The molecule has 28 heavy (non-hydrogen) atoms. The minimum absolute atomic E-state index is 0.0354. The third-order valence-electron chi connectivity index (χ3n) is 4.17. The van der Waals surface area contributed by atoms with E-state index in [0.717, 1.165) is 0 Å². The summed E-state index contributed by atoms with van der Waals surface area (Å²) >= 11 is 0. The van der Waals surface area contributed by atoms with Crippen molar-refractivity contribution in [1.82, 2.24) is 0 Å². The topological polar surface area (TPSA) is 113 Å². The molecule has 0 saturated carbocycles. The van der Waals surface area contributed by atoms with Gasteiger partial charge in [0.1, 0.15) is 5.75 Å². The number of aliphatic hydroxyl groups is 2. The van der Waals surface area contributed by atoms with Crippen molar-refractivity contribution in [2.45, 2.75) is 25.0 Å². The number of methoxy groups -OCH3 is 1. The van der Waals surface area contributed by atoms with Crippen molar-refractivity contribution in [2.24, 2.45) is 0 Å². The van der Waals surface area contributed by atoms with Gasteiger partial charge in [0.15, 0.2) is 0 Å². The summed E-state index contributed by atoms with van der Waals surface area (Å²) in [6, 6.07) is 12.0. The fourth-order valence-corrected chi connectivity index (χ4v) is 2.65. The van der Waals surface area contributed by atoms with Gasteiger partial charge >= 0.3 is 0 Å². The zero-order valence-electron chi connectivity index (χ0n) is 15.5. The number of nitro benzene ring substituents is 1. The van der Waals surface area contributed by atoms with E-state index >= 15 is 0 Å². The summed E-state index contributed by atoms with van der Waals surface area (Å²) in [6.45, 7) is 0.260. The first-order chi connectivity index (χ1) is 13.4. The van der Waals surface area contributed by atoms with Gasteiger partial charge in [-0.1, -0.05) is 12.1 Å². The van der Waals surface area contributed by atoms with Crippen LogP contribution in [0.3, 0.4) is 0 Å². The van der Waals surface area contributed by atoms with Crippen LogP contribution in [0.4, 0.5) is 5.69 Å². The number of rotatable bonds is 9. The van der Waals surface area contributed by atoms with E-state index in [-0.39, 0.29) is 24.5 Å². The van der Waals surface area contributed by atoms with Crippen molar-refractivity contribution >= 4 is 5.69 Å². The van der Waals surface area contributed by atoms with Crippen LogP contribution >= 0.6 is 0 Å². The van der Waals surface area contributed by atoms with Gasteiger partial charge in [-0.2, -0.15) is 0 Å². The van der Waals surface area contributed by atoms with Crippen molar-refractivity contribution < 1.29 is 25.0 Å². The third kappa shape index (κ3) is 6.33. The number of aromatic hydroxyl groups is 1. The second kappa shape index (κ2) is 10.4. The van der Waals surface area contributed by atoms with Crippen molar-refractivity contribution in [3.63, 3.8) is 0 Å². The summed E-state index contributed by atoms with van der Waals surface area (Å²) in [5.74, 6) is 0.133. The molecule has 2 atom stereocenters. The Morgan fingerprint density at radius 2 is 1.68 bits per heavy atom. The van der Waals surface area contributed by atoms with Gasteiger partial charge in [0.25, 0.3) is 5.69 Å². The lowest BCUT2D eigenvalue weighted by Crippen LogP contribution is -2.03. The summed E-state index contributed by atoms with van der Waals surface area (Å²) < 4.78 is 5.14. The number of benzene rings is 2. The Morgan fingerprint density at radius 1 is 1.11 bits per heavy atom. The highest BCUT2D eigenvalue weighted by molar-refractivity contribution is 5.34. The Morgan fingerprint density at radius 3 is 2.25 bits per heavy atom. The summed E-state index contributed by atoms with van der Waals surface area (Å²) in [5.41, 5.74) is 4.95. The van der Waals surface area contributed by atoms with Gasteiger partial charge in [-0.3, -0.25) is 10.1 Å². The molecule has 0 aliphatic heterocycles. The van der Waals surface area contributed by atoms with Gasteiger partial charge in [-0.25, -0.2) is 0 Å². The monoisotopic (exact) mass is 385 g/mol. The van der Waals surface area contributed by atoms with Gasteiger partial charge in [0, 0.05) is 32.1 Å². The molecule has 7 nitrogen and oxygen atoms in total. The zero-order valence-corrected chi connectivity index (χ0v) is 15.5. The van der Waals surface area contributed by atoms with Gasteiger partial charge < -0.3 is 20.1 Å². The van der Waals surface area contributed by atoms with Crippen LogP contribution in [0.15, 0.2) is 65.9 Å². The van der Waals surface area contributed by atoms with Crippen LogP contribution in [-0.2, 0) is 4.74 Å². The Hall–Kier alpha value is -2.96. The van der Waals surface area contributed by atoms with Crippen LogP contribution in [0.5, 0.6) is 5.75 Å². The molecule has 0 aliphatic rings. The first kappa shape index (κ1) is 21.3. The molecule has 2 rings (SSSR count). The van der Waals surface area contributed by atoms with E-state index in [9.17, 15) is 25.4 Å². The highest BCUT2D eigenvalue weighted by Crippen LogP contribution is 2.24. The van der Waals surface area contributed by atoms with E-state index < -0.39 is 17.1 Å². The lowest BCUT2D eigenvalue weighted by atomic mass is 10.0. The molecule has 0 heterocycles. The Bertz CT molecular complexity index is 838. The molecule has 0 radical (unpaired) electrons. The molecule has 3 N–H and O–H groups in total. The molecule has 0 spiro atoms. The number of non-ortho nitro benzene ring substituents is 1. The van der Waals surface area contributed by atoms with Crippen molar-refractivity contribution in [2.75, 3.05) is 13.7 Å². The van der Waals surface area contributed by atoms with E-state index in [2.05, 4.69) is 5.73 Å². The van der Waals surface area contributed by atoms with Gasteiger partial charge in [0.05, 0.1) is 23.7 Å². The molecule has 0 aromatic heterocycles. The molecule has 0 unspecified atom stereocenters. The minimum atomic E-state index is -0.853. The second-order valence-corrected chi connectivity index (χ2v) is 6.30. The second-order valence-electron chi connectivity index (χ2n) is 6.30. The molecule has 0 bridgehead atoms. The number of ether oxygens (including phenoxy) is 1. The van der Waals surface area contributed by atoms with Crippen molar-refractivity contribution in [1.29, 1.82) is 0 Å². The van der Waals surface area contributed by atoms with Gasteiger partial charge in [-0.15, -0.1) is 5.73 Å². The maximum atomic E-state index is 10.7. The number of phenolic OH excluding ortho intramolecular Hbond substituents is 1. The summed E-state index contributed by atoms with van der Waals surface area (Å²) in [5, 5.41) is 40.6. The fraction of sp³-hybridized carbons (Fsp3) is 0.286. The lowest BCUT2D eigenvalue weighted by Gasteiger charge is -2.12. The van der Waals surface area contributed by atoms with E-state index in [1.165, 1.54) is 43.5 Å². The number of nitro groups is 1. The highest BCUT2D eigenvalue weighted by Gasteiger charge is 2.13. The molecule has 0 fully saturated rings. The van der Waals surface area contributed by atoms with Crippen LogP contribution in [0.2, 0.25) is 0 Å². The van der Waals surface area contributed by atoms with Crippen LogP contribution in [0.1, 0.15) is 36.2 Å². The summed E-state index contributed by atoms with van der Waals surface area (Å²) in [4.78, 5) is 10.2. The Kier molecular flexibility index (Phi) is 7.92. The Labute approximate surface area is 163 Å². The summed E-state index contributed by atoms with van der Waals surface area (Å²) in [7, 11) is 1.53. The average molecular weight is 385 g/mol. The molecule has 0 amide bonds. The number of aliphatic hydroxyl groups excluding tert-OH is 2. The van der Waals surface area contributed by atoms with Crippen molar-refractivity contribution in [3.8, 4) is 5.75 Å². The predicted molar refractivity (Wildman–Crippen MR) is 104 cm³/mol. The summed E-state index contributed by atoms with van der Waals surface area (Å²) in [6.07, 6.45) is 0.641. The minimum Gasteiger partial charge on any atom is -0.508 e. The van der Waals surface area contributed by atoms with Crippen LogP contribution in [0, 0.1) is 10.1 Å². The van der Waals surface area contributed by atoms with E-state index in [1.807, 2.05) is 0 Å². The molecule has 0 saturated heterocycles. The highest BCUT2D eigenvalue weighted by atomic mass is 16.6. The maximum Gasteiger partial charge on any atom is 0.269 e. The first-order valence-corrected chi connectivity index (χ1v) is 8.72. The fourth-order valence-electron chi connectivity index (χ4n) is 2.65. The molecule has 2 aromatic rings. The largest absolute Gasteiger partial charge is 0.508 e. The first-order valence-electron chi connectivity index (χ1n) is 8.72. The molecule has 2 aromatic carbocycles. The van der Waals surface area contributed by atoms with Gasteiger partial charge in [0.2, 0.25) is 0 Å². The quantitative estimate of drug-likeness (QED) is 0.345. The number of phenols is 1. The SMILES string of the molecule is COCC(=C=CC[C@@H](O)c1ccc(O)cc1)C[C@@H](O)c1ccc([N+](=O)[O-])cc1. The molecular weight excluding hydrogens is 362 g/mol. The number of hydrogen-bond donors (Lipinski definition) is 3. The normalized spacial score (nSPS) is 12.7. The molecule has 7 heteroatoms. The average Bonchev–Trinajstić information content (AvgIpc) is 2.68. The van der Waals surface area contributed by atoms with E-state index in [0.29, 0.717) is 23.1 Å².